The second-order valence-corrected chi connectivity index (χ2v) is 4.76. The average molecular weight is 235 g/mol. The van der Waals surface area contributed by atoms with Crippen molar-refractivity contribution in [3.05, 3.63) is 23.3 Å². The van der Waals surface area contributed by atoms with Crippen LogP contribution in [0.1, 0.15) is 24.0 Å². The lowest BCUT2D eigenvalue weighted by Crippen LogP contribution is -2.40. The summed E-state index contributed by atoms with van der Waals surface area (Å²) in [5.41, 5.74) is 3.54. The van der Waals surface area contributed by atoms with E-state index in [-0.39, 0.29) is 0 Å². The summed E-state index contributed by atoms with van der Waals surface area (Å²) in [6.45, 7) is 4.17. The molecule has 1 saturated carbocycles. The van der Waals surface area contributed by atoms with Gasteiger partial charge in [-0.3, -0.25) is 0 Å². The van der Waals surface area contributed by atoms with E-state index in [1.165, 1.54) is 16.8 Å². The van der Waals surface area contributed by atoms with Crippen LogP contribution < -0.4 is 10.1 Å². The largest absolute Gasteiger partial charge is 0.496 e. The predicted octanol–water partition coefficient (Wildman–Crippen LogP) is 2.90. The van der Waals surface area contributed by atoms with Gasteiger partial charge in [0.2, 0.25) is 0 Å². The molecular weight excluding hydrogens is 214 g/mol. The van der Waals surface area contributed by atoms with Gasteiger partial charge in [-0.15, -0.1) is 0 Å². The smallest absolute Gasteiger partial charge is 0.126 e. The molecule has 0 saturated heterocycles. The first-order valence-corrected chi connectivity index (χ1v) is 6.09. The van der Waals surface area contributed by atoms with Gasteiger partial charge in [-0.05, 0) is 38.3 Å². The van der Waals surface area contributed by atoms with Gasteiger partial charge in [-0.25, -0.2) is 0 Å². The first-order valence-electron chi connectivity index (χ1n) is 6.09. The van der Waals surface area contributed by atoms with Crippen LogP contribution in [-0.4, -0.2) is 26.4 Å². The SMILES string of the molecule is COc1c(C)ccc(NC2CC(OC)C2)c1C. The summed E-state index contributed by atoms with van der Waals surface area (Å²) in [5, 5.41) is 3.55. The number of rotatable bonds is 4. The van der Waals surface area contributed by atoms with E-state index < -0.39 is 0 Å². The van der Waals surface area contributed by atoms with E-state index in [1.807, 2.05) is 0 Å². The highest BCUT2D eigenvalue weighted by Gasteiger charge is 2.29. The molecule has 0 bridgehead atoms. The number of hydrogen-bond donors (Lipinski definition) is 1. The summed E-state index contributed by atoms with van der Waals surface area (Å²) < 4.78 is 10.7. The van der Waals surface area contributed by atoms with Gasteiger partial charge in [0.25, 0.3) is 0 Å². The molecule has 1 aliphatic carbocycles. The first-order chi connectivity index (χ1) is 8.15. The molecule has 0 heterocycles. The average Bonchev–Trinajstić information content (AvgIpc) is 2.26. The van der Waals surface area contributed by atoms with E-state index in [9.17, 15) is 0 Å². The van der Waals surface area contributed by atoms with Gasteiger partial charge in [0, 0.05) is 24.4 Å². The number of aryl methyl sites for hydroxylation is 1. The summed E-state index contributed by atoms with van der Waals surface area (Å²) in [6.07, 6.45) is 2.61. The van der Waals surface area contributed by atoms with Gasteiger partial charge < -0.3 is 14.8 Å². The molecule has 3 nitrogen and oxygen atoms in total. The van der Waals surface area contributed by atoms with E-state index in [0.29, 0.717) is 12.1 Å². The van der Waals surface area contributed by atoms with Crippen molar-refractivity contribution in [1.82, 2.24) is 0 Å². The van der Waals surface area contributed by atoms with Crippen LogP contribution in [0.15, 0.2) is 12.1 Å². The molecule has 2 rings (SSSR count). The van der Waals surface area contributed by atoms with Crippen molar-refractivity contribution in [2.75, 3.05) is 19.5 Å². The number of benzene rings is 1. The topological polar surface area (TPSA) is 30.5 Å². The van der Waals surface area contributed by atoms with E-state index in [1.54, 1.807) is 14.2 Å². The second kappa shape index (κ2) is 4.96. The third-order valence-electron chi connectivity index (χ3n) is 3.59. The molecule has 94 valence electrons. The van der Waals surface area contributed by atoms with Crippen LogP contribution >= 0.6 is 0 Å². The molecule has 1 N–H and O–H groups in total. The van der Waals surface area contributed by atoms with Gasteiger partial charge in [0.15, 0.2) is 0 Å². The zero-order chi connectivity index (χ0) is 12.4. The highest BCUT2D eigenvalue weighted by Crippen LogP contribution is 2.32. The lowest BCUT2D eigenvalue weighted by Gasteiger charge is -2.35. The van der Waals surface area contributed by atoms with Crippen LogP contribution in [-0.2, 0) is 4.74 Å². The number of ether oxygens (including phenoxy) is 2. The minimum Gasteiger partial charge on any atom is -0.496 e. The van der Waals surface area contributed by atoms with Crippen molar-refractivity contribution >= 4 is 5.69 Å². The Morgan fingerprint density at radius 2 is 1.88 bits per heavy atom. The Kier molecular flexibility index (Phi) is 3.57. The quantitative estimate of drug-likeness (QED) is 0.870. The number of nitrogens with one attached hydrogen (secondary N) is 1. The Labute approximate surface area is 103 Å². The van der Waals surface area contributed by atoms with E-state index >= 15 is 0 Å². The standard InChI is InChI=1S/C14H21NO2/c1-9-5-6-13(10(2)14(9)17-4)15-11-7-12(8-11)16-3/h5-6,11-12,15H,7-8H2,1-4H3. The molecule has 17 heavy (non-hydrogen) atoms. The Bertz CT molecular complexity index is 397. The number of methoxy groups -OCH3 is 2. The molecule has 1 aliphatic rings. The van der Waals surface area contributed by atoms with Crippen molar-refractivity contribution in [1.29, 1.82) is 0 Å². The number of anilines is 1. The van der Waals surface area contributed by atoms with Crippen molar-refractivity contribution in [2.45, 2.75) is 38.8 Å². The first kappa shape index (κ1) is 12.2. The highest BCUT2D eigenvalue weighted by atomic mass is 16.5. The summed E-state index contributed by atoms with van der Waals surface area (Å²) in [5.74, 6) is 0.984. The Morgan fingerprint density at radius 1 is 1.18 bits per heavy atom. The molecule has 3 heteroatoms. The summed E-state index contributed by atoms with van der Waals surface area (Å²) in [7, 11) is 3.50. The van der Waals surface area contributed by atoms with Gasteiger partial charge in [0.1, 0.15) is 5.75 Å². The fourth-order valence-electron chi connectivity index (χ4n) is 2.39. The third kappa shape index (κ3) is 2.39. The van der Waals surface area contributed by atoms with E-state index in [0.717, 1.165) is 18.6 Å². The normalized spacial score (nSPS) is 23.1. The highest BCUT2D eigenvalue weighted by molar-refractivity contribution is 5.60. The summed E-state index contributed by atoms with van der Waals surface area (Å²) in [6, 6.07) is 4.76. The maximum absolute atomic E-state index is 5.43. The van der Waals surface area contributed by atoms with Crippen LogP contribution in [0.4, 0.5) is 5.69 Å². The molecule has 0 aliphatic heterocycles. The molecule has 0 radical (unpaired) electrons. The van der Waals surface area contributed by atoms with E-state index in [4.69, 9.17) is 9.47 Å². The van der Waals surface area contributed by atoms with Crippen LogP contribution in [0.5, 0.6) is 5.75 Å². The zero-order valence-corrected chi connectivity index (χ0v) is 11.0. The maximum atomic E-state index is 5.43. The summed E-state index contributed by atoms with van der Waals surface area (Å²) >= 11 is 0. The molecule has 0 aromatic heterocycles. The van der Waals surface area contributed by atoms with Crippen LogP contribution in [0.25, 0.3) is 0 Å². The van der Waals surface area contributed by atoms with Crippen LogP contribution in [0.2, 0.25) is 0 Å². The minimum absolute atomic E-state index is 0.431. The molecule has 0 unspecified atom stereocenters. The fraction of sp³-hybridized carbons (Fsp3) is 0.571. The molecule has 0 amide bonds. The van der Waals surface area contributed by atoms with Crippen molar-refractivity contribution in [2.24, 2.45) is 0 Å². The maximum Gasteiger partial charge on any atom is 0.126 e. The zero-order valence-electron chi connectivity index (χ0n) is 11.0. The van der Waals surface area contributed by atoms with Crippen LogP contribution in [0, 0.1) is 13.8 Å². The molecule has 1 aromatic rings. The van der Waals surface area contributed by atoms with Crippen molar-refractivity contribution in [3.8, 4) is 5.75 Å². The molecule has 0 spiro atoms. The van der Waals surface area contributed by atoms with Crippen molar-refractivity contribution in [3.63, 3.8) is 0 Å². The van der Waals surface area contributed by atoms with Gasteiger partial charge in [0.05, 0.1) is 13.2 Å². The number of hydrogen-bond acceptors (Lipinski definition) is 3. The Morgan fingerprint density at radius 3 is 2.47 bits per heavy atom. The second-order valence-electron chi connectivity index (χ2n) is 4.76. The monoisotopic (exact) mass is 235 g/mol. The minimum atomic E-state index is 0.431. The fourth-order valence-corrected chi connectivity index (χ4v) is 2.39. The summed E-state index contributed by atoms with van der Waals surface area (Å²) in [4.78, 5) is 0. The van der Waals surface area contributed by atoms with E-state index in [2.05, 4.69) is 31.3 Å². The third-order valence-corrected chi connectivity index (χ3v) is 3.59. The molecule has 1 fully saturated rings. The molecule has 1 aromatic carbocycles. The Balaban J connectivity index is 2.07. The predicted molar refractivity (Wildman–Crippen MR) is 69.9 cm³/mol. The lowest BCUT2D eigenvalue weighted by molar-refractivity contribution is 0.0328. The van der Waals surface area contributed by atoms with Gasteiger partial charge >= 0.3 is 0 Å². The lowest BCUT2D eigenvalue weighted by atomic mass is 9.89. The Hall–Kier alpha value is -1.22. The van der Waals surface area contributed by atoms with Crippen LogP contribution in [0.3, 0.4) is 0 Å². The molecule has 0 atom stereocenters. The van der Waals surface area contributed by atoms with Crippen molar-refractivity contribution < 1.29 is 9.47 Å². The van der Waals surface area contributed by atoms with Gasteiger partial charge in [-0.2, -0.15) is 0 Å². The molecular formula is C14H21NO2. The van der Waals surface area contributed by atoms with Gasteiger partial charge in [-0.1, -0.05) is 6.07 Å².